The van der Waals surface area contributed by atoms with Gasteiger partial charge in [-0.15, -0.1) is 0 Å². The molecule has 12 heteroatoms. The number of aromatic nitrogens is 2. The maximum Gasteiger partial charge on any atom is 0.269 e. The van der Waals surface area contributed by atoms with E-state index in [4.69, 9.17) is 0 Å². The number of sulfonamides is 1. The molecule has 0 spiro atoms. The van der Waals surface area contributed by atoms with Gasteiger partial charge in [0.2, 0.25) is 15.9 Å². The Balaban J connectivity index is 1.37. The minimum atomic E-state index is -3.68. The van der Waals surface area contributed by atoms with E-state index in [1.807, 2.05) is 4.90 Å². The van der Waals surface area contributed by atoms with Crippen LogP contribution in [0.15, 0.2) is 53.7 Å². The van der Waals surface area contributed by atoms with Crippen molar-refractivity contribution in [2.24, 2.45) is 0 Å². The number of piperazine rings is 1. The predicted molar refractivity (Wildman–Crippen MR) is 118 cm³/mol. The van der Waals surface area contributed by atoms with E-state index in [0.717, 1.165) is 0 Å². The van der Waals surface area contributed by atoms with Crippen LogP contribution in [0.3, 0.4) is 0 Å². The molecule has 1 aliphatic heterocycles. The first-order valence-electron chi connectivity index (χ1n) is 9.93. The highest BCUT2D eigenvalue weighted by Gasteiger charge is 2.31. The smallest absolute Gasteiger partial charge is 0.269 e. The van der Waals surface area contributed by atoms with E-state index < -0.39 is 14.9 Å². The number of hydrogen-bond donors (Lipinski definition) is 1. The Labute approximate surface area is 184 Å². The van der Waals surface area contributed by atoms with Gasteiger partial charge in [0.25, 0.3) is 5.69 Å². The van der Waals surface area contributed by atoms with Crippen LogP contribution >= 0.6 is 0 Å². The highest BCUT2D eigenvalue weighted by molar-refractivity contribution is 7.89. The van der Waals surface area contributed by atoms with Crippen LogP contribution in [0.4, 0.5) is 11.4 Å². The number of nitrogens with one attached hydrogen (secondary N) is 1. The number of amides is 1. The number of carbonyl (C=O) groups excluding carboxylic acids is 1. The van der Waals surface area contributed by atoms with Crippen LogP contribution in [-0.4, -0.2) is 78.2 Å². The Bertz CT molecular complexity index is 1250. The third kappa shape index (κ3) is 4.20. The monoisotopic (exact) mass is 458 g/mol. The van der Waals surface area contributed by atoms with Crippen molar-refractivity contribution in [3.05, 3.63) is 58.9 Å². The van der Waals surface area contributed by atoms with Crippen LogP contribution in [-0.2, 0) is 14.8 Å². The molecule has 1 amide bonds. The van der Waals surface area contributed by atoms with Gasteiger partial charge in [-0.2, -0.15) is 4.31 Å². The second-order valence-electron chi connectivity index (χ2n) is 7.46. The van der Waals surface area contributed by atoms with Crippen LogP contribution in [0.2, 0.25) is 0 Å². The first-order valence-corrected chi connectivity index (χ1v) is 11.4. The number of H-pyrrole nitrogens is 1. The molecule has 168 valence electrons. The fraction of sp³-hybridized carbons (Fsp3) is 0.300. The number of benzene rings is 1. The lowest BCUT2D eigenvalue weighted by Crippen LogP contribution is -2.51. The summed E-state index contributed by atoms with van der Waals surface area (Å²) >= 11 is 0. The molecule has 0 bridgehead atoms. The van der Waals surface area contributed by atoms with Crippen molar-refractivity contribution in [1.82, 2.24) is 19.2 Å². The van der Waals surface area contributed by atoms with E-state index in [9.17, 15) is 23.3 Å². The minimum absolute atomic E-state index is 0.0436. The third-order valence-electron chi connectivity index (χ3n) is 5.54. The zero-order valence-electron chi connectivity index (χ0n) is 17.3. The molecule has 3 heterocycles. The number of rotatable bonds is 6. The summed E-state index contributed by atoms with van der Waals surface area (Å²) in [6.45, 7) is 1.49. The van der Waals surface area contributed by atoms with Crippen LogP contribution in [0.25, 0.3) is 11.0 Å². The van der Waals surface area contributed by atoms with Gasteiger partial charge < -0.3 is 9.88 Å². The summed E-state index contributed by atoms with van der Waals surface area (Å²) < 4.78 is 27.6. The SMILES string of the molecule is CN(C(=O)CN1CCN(S(=O)(=O)c2c[nH]c3ncccc23)CC1)c1ccc([N+](=O)[O-])cc1. The van der Waals surface area contributed by atoms with Crippen LogP contribution in [0, 0.1) is 10.1 Å². The van der Waals surface area contributed by atoms with E-state index in [1.54, 1.807) is 25.4 Å². The number of nitro benzene ring substituents is 1. The first kappa shape index (κ1) is 21.9. The quantitative estimate of drug-likeness (QED) is 0.436. The molecule has 1 saturated heterocycles. The molecular formula is C20H22N6O5S. The Morgan fingerprint density at radius 2 is 1.88 bits per heavy atom. The number of nitrogens with zero attached hydrogens (tertiary/aromatic N) is 5. The normalized spacial score (nSPS) is 15.7. The summed E-state index contributed by atoms with van der Waals surface area (Å²) in [5, 5.41) is 11.3. The molecule has 0 atom stereocenters. The highest BCUT2D eigenvalue weighted by Crippen LogP contribution is 2.25. The van der Waals surface area contributed by atoms with Crippen molar-refractivity contribution in [2.45, 2.75) is 4.90 Å². The number of likely N-dealkylation sites (N-methyl/N-ethyl adjacent to an activating group) is 1. The summed E-state index contributed by atoms with van der Waals surface area (Å²) in [6.07, 6.45) is 3.06. The fourth-order valence-corrected chi connectivity index (χ4v) is 5.22. The molecule has 1 fully saturated rings. The number of carbonyl (C=O) groups is 1. The number of fused-ring (bicyclic) bond motifs is 1. The third-order valence-corrected chi connectivity index (χ3v) is 7.48. The molecule has 0 unspecified atom stereocenters. The molecule has 32 heavy (non-hydrogen) atoms. The largest absolute Gasteiger partial charge is 0.345 e. The molecule has 0 aliphatic carbocycles. The summed E-state index contributed by atoms with van der Waals surface area (Å²) in [5.74, 6) is -0.183. The summed E-state index contributed by atoms with van der Waals surface area (Å²) in [5.41, 5.74) is 1.03. The lowest BCUT2D eigenvalue weighted by Gasteiger charge is -2.34. The molecule has 1 aliphatic rings. The number of anilines is 1. The van der Waals surface area contributed by atoms with Crippen molar-refractivity contribution >= 4 is 38.3 Å². The molecule has 1 N–H and O–H groups in total. The van der Waals surface area contributed by atoms with Crippen LogP contribution < -0.4 is 4.90 Å². The second kappa shape index (κ2) is 8.65. The first-order chi connectivity index (χ1) is 15.3. The molecule has 1 aromatic carbocycles. The highest BCUT2D eigenvalue weighted by atomic mass is 32.2. The molecule has 2 aromatic heterocycles. The van der Waals surface area contributed by atoms with E-state index in [-0.39, 0.29) is 36.1 Å². The van der Waals surface area contributed by atoms with E-state index in [1.165, 1.54) is 39.7 Å². The maximum absolute atomic E-state index is 13.1. The predicted octanol–water partition coefficient (Wildman–Crippen LogP) is 1.44. The van der Waals surface area contributed by atoms with Gasteiger partial charge in [-0.3, -0.25) is 19.8 Å². The lowest BCUT2D eigenvalue weighted by molar-refractivity contribution is -0.384. The van der Waals surface area contributed by atoms with Gasteiger partial charge >= 0.3 is 0 Å². The molecule has 0 saturated carbocycles. The Morgan fingerprint density at radius 1 is 1.19 bits per heavy atom. The Kier molecular flexibility index (Phi) is 5.91. The molecule has 3 aromatic rings. The maximum atomic E-state index is 13.1. The fourth-order valence-electron chi connectivity index (χ4n) is 3.65. The van der Waals surface area contributed by atoms with E-state index in [2.05, 4.69) is 9.97 Å². The van der Waals surface area contributed by atoms with Crippen molar-refractivity contribution in [3.8, 4) is 0 Å². The Hall–Kier alpha value is -3.35. The number of aromatic amines is 1. The van der Waals surface area contributed by atoms with Crippen LogP contribution in [0.1, 0.15) is 0 Å². The van der Waals surface area contributed by atoms with Gasteiger partial charge in [0.05, 0.1) is 11.5 Å². The molecule has 0 radical (unpaired) electrons. The molecular weight excluding hydrogens is 436 g/mol. The van der Waals surface area contributed by atoms with Crippen molar-refractivity contribution < 1.29 is 18.1 Å². The van der Waals surface area contributed by atoms with E-state index >= 15 is 0 Å². The zero-order valence-corrected chi connectivity index (χ0v) is 18.2. The van der Waals surface area contributed by atoms with Crippen LogP contribution in [0.5, 0.6) is 0 Å². The number of hydrogen-bond acceptors (Lipinski definition) is 7. The average molecular weight is 459 g/mol. The van der Waals surface area contributed by atoms with E-state index in [0.29, 0.717) is 29.8 Å². The van der Waals surface area contributed by atoms with Gasteiger partial charge in [-0.25, -0.2) is 13.4 Å². The number of nitro groups is 1. The minimum Gasteiger partial charge on any atom is -0.345 e. The Morgan fingerprint density at radius 3 is 2.53 bits per heavy atom. The standard InChI is InChI=1S/C20H22N6O5S/c1-23(15-4-6-16(7-5-15)26(28)29)19(27)14-24-9-11-25(12-10-24)32(30,31)18-13-22-20-17(18)3-2-8-21-20/h2-8,13H,9-12,14H2,1H3,(H,21,22). The van der Waals surface area contributed by atoms with Gasteiger partial charge in [0, 0.05) is 68.8 Å². The molecule has 4 rings (SSSR count). The van der Waals surface area contributed by atoms with Gasteiger partial charge in [0.1, 0.15) is 10.5 Å². The van der Waals surface area contributed by atoms with Gasteiger partial charge in [-0.1, -0.05) is 0 Å². The summed E-state index contributed by atoms with van der Waals surface area (Å²) in [6, 6.07) is 9.16. The zero-order chi connectivity index (χ0) is 22.9. The number of non-ortho nitro benzene ring substituents is 1. The van der Waals surface area contributed by atoms with Crippen molar-refractivity contribution in [1.29, 1.82) is 0 Å². The van der Waals surface area contributed by atoms with Crippen molar-refractivity contribution in [3.63, 3.8) is 0 Å². The van der Waals surface area contributed by atoms with Gasteiger partial charge in [0.15, 0.2) is 0 Å². The summed E-state index contributed by atoms with van der Waals surface area (Å²) in [4.78, 5) is 33.5. The molecule has 11 nitrogen and oxygen atoms in total. The number of pyridine rings is 1. The average Bonchev–Trinajstić information content (AvgIpc) is 3.24. The summed E-state index contributed by atoms with van der Waals surface area (Å²) in [7, 11) is -2.08. The van der Waals surface area contributed by atoms with Crippen molar-refractivity contribution in [2.75, 3.05) is 44.7 Å². The van der Waals surface area contributed by atoms with Gasteiger partial charge in [-0.05, 0) is 24.3 Å². The topological polar surface area (TPSA) is 133 Å². The second-order valence-corrected chi connectivity index (χ2v) is 9.37. The lowest BCUT2D eigenvalue weighted by atomic mass is 10.2.